The van der Waals surface area contributed by atoms with Gasteiger partial charge < -0.3 is 19.5 Å². The van der Waals surface area contributed by atoms with Crippen molar-refractivity contribution in [3.63, 3.8) is 0 Å². The number of carboxylic acid groups (broad SMARTS) is 1. The average Bonchev–Trinajstić information content (AvgIpc) is 2.21. The zero-order valence-electron chi connectivity index (χ0n) is 11.1. The molecule has 0 saturated heterocycles. The summed E-state index contributed by atoms with van der Waals surface area (Å²) in [7, 11) is 1.30. The van der Waals surface area contributed by atoms with Crippen molar-refractivity contribution in [3.8, 4) is 0 Å². The van der Waals surface area contributed by atoms with E-state index in [9.17, 15) is 14.4 Å². The van der Waals surface area contributed by atoms with Gasteiger partial charge in [-0.05, 0) is 20.8 Å². The summed E-state index contributed by atoms with van der Waals surface area (Å²) in [6.45, 7) is 4.53. The van der Waals surface area contributed by atoms with E-state index in [1.54, 1.807) is 20.8 Å². The number of hydrogen-bond donors (Lipinski definition) is 1. The molecule has 0 radical (unpaired) electrons. The van der Waals surface area contributed by atoms with Gasteiger partial charge in [-0.2, -0.15) is 0 Å². The molecule has 104 valence electrons. The molecule has 0 rings (SSSR count). The molecule has 0 atom stereocenters. The topological polar surface area (TPSA) is 93.1 Å². The summed E-state index contributed by atoms with van der Waals surface area (Å²) < 4.78 is 9.58. The maximum Gasteiger partial charge on any atom is 0.410 e. The third-order valence-corrected chi connectivity index (χ3v) is 1.84. The van der Waals surface area contributed by atoms with Crippen molar-refractivity contribution in [2.45, 2.75) is 20.8 Å². The van der Waals surface area contributed by atoms with Crippen LogP contribution in [0.2, 0.25) is 0 Å². The molecule has 0 heterocycles. The lowest BCUT2D eigenvalue weighted by Gasteiger charge is -2.17. The van der Waals surface area contributed by atoms with Gasteiger partial charge in [-0.25, -0.2) is 4.79 Å². The molecule has 0 bridgehead atoms. The summed E-state index contributed by atoms with van der Waals surface area (Å²) in [4.78, 5) is 33.8. The van der Waals surface area contributed by atoms with E-state index in [1.165, 1.54) is 7.05 Å². The SMILES string of the molecule is CN(CC(=O)O)C(=O)OCCOC(=O)C(C)(C)C. The molecule has 7 nitrogen and oxygen atoms in total. The lowest BCUT2D eigenvalue weighted by Crippen LogP contribution is -2.33. The number of aliphatic carboxylic acids is 1. The van der Waals surface area contributed by atoms with Crippen molar-refractivity contribution >= 4 is 18.0 Å². The Kier molecular flexibility index (Phi) is 6.15. The van der Waals surface area contributed by atoms with Crippen molar-refractivity contribution in [2.75, 3.05) is 26.8 Å². The van der Waals surface area contributed by atoms with E-state index in [0.717, 1.165) is 4.90 Å². The van der Waals surface area contributed by atoms with Crippen molar-refractivity contribution in [2.24, 2.45) is 5.41 Å². The lowest BCUT2D eigenvalue weighted by atomic mass is 9.97. The molecular formula is C11H19NO6. The Labute approximate surface area is 106 Å². The normalized spacial score (nSPS) is 10.7. The van der Waals surface area contributed by atoms with Crippen LogP contribution in [0.15, 0.2) is 0 Å². The Hall–Kier alpha value is -1.79. The van der Waals surface area contributed by atoms with E-state index in [-0.39, 0.29) is 13.2 Å². The van der Waals surface area contributed by atoms with Gasteiger partial charge in [0.1, 0.15) is 19.8 Å². The fourth-order valence-electron chi connectivity index (χ4n) is 0.857. The maximum atomic E-state index is 11.3. The first kappa shape index (κ1) is 16.2. The van der Waals surface area contributed by atoms with Crippen LogP contribution in [0.3, 0.4) is 0 Å². The number of carbonyl (C=O) groups is 3. The summed E-state index contributed by atoms with van der Waals surface area (Å²) in [6.07, 6.45) is -0.774. The Morgan fingerprint density at radius 2 is 1.61 bits per heavy atom. The van der Waals surface area contributed by atoms with E-state index in [0.29, 0.717) is 0 Å². The molecule has 0 aliphatic heterocycles. The van der Waals surface area contributed by atoms with E-state index in [1.807, 2.05) is 0 Å². The van der Waals surface area contributed by atoms with Crippen LogP contribution < -0.4 is 0 Å². The largest absolute Gasteiger partial charge is 0.480 e. The second-order valence-corrected chi connectivity index (χ2v) is 4.75. The second-order valence-electron chi connectivity index (χ2n) is 4.75. The van der Waals surface area contributed by atoms with Crippen molar-refractivity contribution < 1.29 is 29.0 Å². The molecule has 0 unspecified atom stereocenters. The van der Waals surface area contributed by atoms with E-state index in [4.69, 9.17) is 14.6 Å². The first-order valence-electron chi connectivity index (χ1n) is 5.41. The van der Waals surface area contributed by atoms with Gasteiger partial charge >= 0.3 is 18.0 Å². The first-order valence-corrected chi connectivity index (χ1v) is 5.41. The van der Waals surface area contributed by atoms with Crippen molar-refractivity contribution in [1.82, 2.24) is 4.90 Å². The van der Waals surface area contributed by atoms with E-state index in [2.05, 4.69) is 0 Å². The molecular weight excluding hydrogens is 242 g/mol. The summed E-state index contributed by atoms with van der Waals surface area (Å²) in [5.74, 6) is -1.52. The fourth-order valence-corrected chi connectivity index (χ4v) is 0.857. The van der Waals surface area contributed by atoms with Crippen LogP contribution >= 0.6 is 0 Å². The number of hydrogen-bond acceptors (Lipinski definition) is 5. The monoisotopic (exact) mass is 261 g/mol. The van der Waals surface area contributed by atoms with Crippen LogP contribution in [0, 0.1) is 5.41 Å². The molecule has 0 fully saturated rings. The van der Waals surface area contributed by atoms with Crippen LogP contribution in [0.1, 0.15) is 20.8 Å². The van der Waals surface area contributed by atoms with E-state index < -0.39 is 30.0 Å². The molecule has 1 N–H and O–H groups in total. The average molecular weight is 261 g/mol. The Balaban J connectivity index is 3.82. The molecule has 0 aromatic carbocycles. The molecule has 18 heavy (non-hydrogen) atoms. The Morgan fingerprint density at radius 3 is 2.06 bits per heavy atom. The van der Waals surface area contributed by atoms with Gasteiger partial charge in [-0.3, -0.25) is 9.59 Å². The highest BCUT2D eigenvalue weighted by atomic mass is 16.6. The fraction of sp³-hybridized carbons (Fsp3) is 0.727. The Bertz CT molecular complexity index is 320. The quantitative estimate of drug-likeness (QED) is 0.579. The molecule has 0 aliphatic carbocycles. The molecule has 0 aromatic rings. The third-order valence-electron chi connectivity index (χ3n) is 1.84. The molecule has 0 aromatic heterocycles. The number of esters is 1. The number of ether oxygens (including phenoxy) is 2. The highest BCUT2D eigenvalue weighted by Crippen LogP contribution is 2.14. The zero-order chi connectivity index (χ0) is 14.3. The van der Waals surface area contributed by atoms with Gasteiger partial charge in [0.2, 0.25) is 0 Å². The van der Waals surface area contributed by atoms with Crippen LogP contribution in [0.4, 0.5) is 4.79 Å². The number of carboxylic acids is 1. The van der Waals surface area contributed by atoms with Gasteiger partial charge in [0, 0.05) is 7.05 Å². The van der Waals surface area contributed by atoms with Crippen molar-refractivity contribution in [1.29, 1.82) is 0 Å². The predicted molar refractivity (Wildman–Crippen MR) is 62.0 cm³/mol. The highest BCUT2D eigenvalue weighted by molar-refractivity contribution is 5.76. The number of rotatable bonds is 5. The zero-order valence-corrected chi connectivity index (χ0v) is 11.1. The third kappa shape index (κ3) is 6.72. The minimum absolute atomic E-state index is 0.0528. The van der Waals surface area contributed by atoms with Crippen LogP contribution in [-0.2, 0) is 19.1 Å². The number of nitrogens with zero attached hydrogens (tertiary/aromatic N) is 1. The molecule has 0 saturated carbocycles. The lowest BCUT2D eigenvalue weighted by molar-refractivity contribution is -0.154. The summed E-state index contributed by atoms with van der Waals surface area (Å²) in [5.41, 5.74) is -0.607. The van der Waals surface area contributed by atoms with Gasteiger partial charge in [-0.1, -0.05) is 0 Å². The van der Waals surface area contributed by atoms with Crippen LogP contribution in [-0.4, -0.2) is 54.8 Å². The standard InChI is InChI=1S/C11H19NO6/c1-11(2,3)9(15)17-5-6-18-10(16)12(4)7-8(13)14/h5-7H2,1-4H3,(H,13,14). The molecule has 0 aliphatic rings. The molecule has 1 amide bonds. The van der Waals surface area contributed by atoms with Crippen LogP contribution in [0.25, 0.3) is 0 Å². The highest BCUT2D eigenvalue weighted by Gasteiger charge is 2.23. The minimum atomic E-state index is -1.13. The number of likely N-dealkylation sites (N-methyl/N-ethyl adjacent to an activating group) is 1. The van der Waals surface area contributed by atoms with Gasteiger partial charge in [0.15, 0.2) is 0 Å². The molecule has 7 heteroatoms. The number of amides is 1. The molecule has 0 spiro atoms. The summed E-state index contributed by atoms with van der Waals surface area (Å²) in [5, 5.41) is 8.45. The van der Waals surface area contributed by atoms with E-state index >= 15 is 0 Å². The van der Waals surface area contributed by atoms with Crippen molar-refractivity contribution in [3.05, 3.63) is 0 Å². The number of carbonyl (C=O) groups excluding carboxylic acids is 2. The second kappa shape index (κ2) is 6.83. The van der Waals surface area contributed by atoms with Gasteiger partial charge in [-0.15, -0.1) is 0 Å². The van der Waals surface area contributed by atoms with Gasteiger partial charge in [0.05, 0.1) is 5.41 Å². The van der Waals surface area contributed by atoms with Gasteiger partial charge in [0.25, 0.3) is 0 Å². The summed E-state index contributed by atoms with van der Waals surface area (Å²) >= 11 is 0. The maximum absolute atomic E-state index is 11.3. The predicted octanol–water partition coefficient (Wildman–Crippen LogP) is 0.729. The van der Waals surface area contributed by atoms with Crippen LogP contribution in [0.5, 0.6) is 0 Å². The smallest absolute Gasteiger partial charge is 0.410 e. The summed E-state index contributed by atoms with van der Waals surface area (Å²) in [6, 6.07) is 0. The first-order chi connectivity index (χ1) is 8.14. The Morgan fingerprint density at radius 1 is 1.11 bits per heavy atom. The minimum Gasteiger partial charge on any atom is -0.480 e.